The summed E-state index contributed by atoms with van der Waals surface area (Å²) in [5, 5.41) is 12.3. The highest BCUT2D eigenvalue weighted by molar-refractivity contribution is 6.10. The predicted octanol–water partition coefficient (Wildman–Crippen LogP) is 1.55. The summed E-state index contributed by atoms with van der Waals surface area (Å²) >= 11 is 0. The predicted molar refractivity (Wildman–Crippen MR) is 112 cm³/mol. The number of nitrogens with two attached hydrogens (primary N) is 1. The lowest BCUT2D eigenvalue weighted by molar-refractivity contribution is -0.134. The van der Waals surface area contributed by atoms with Crippen molar-refractivity contribution in [3.63, 3.8) is 0 Å². The van der Waals surface area contributed by atoms with Crippen molar-refractivity contribution < 1.29 is 14.4 Å². The van der Waals surface area contributed by atoms with Crippen molar-refractivity contribution in [2.75, 3.05) is 11.9 Å². The number of carbonyl (C=O) groups is 3. The number of amides is 4. The number of nitrogens with zero attached hydrogens (tertiary/aromatic N) is 3. The smallest absolute Gasteiger partial charge is 0.325 e. The normalized spacial score (nSPS) is 17.6. The van der Waals surface area contributed by atoms with Crippen LogP contribution < -0.4 is 16.4 Å². The summed E-state index contributed by atoms with van der Waals surface area (Å²) < 4.78 is 0. The molecule has 0 radical (unpaired) electrons. The number of nitrogens with one attached hydrogen (secondary N) is 3. The van der Waals surface area contributed by atoms with Crippen LogP contribution in [0.2, 0.25) is 0 Å². The number of anilines is 1. The van der Waals surface area contributed by atoms with E-state index in [1.54, 1.807) is 24.3 Å². The third kappa shape index (κ3) is 4.14. The van der Waals surface area contributed by atoms with Gasteiger partial charge in [-0.1, -0.05) is 19.3 Å². The number of imide groups is 1. The summed E-state index contributed by atoms with van der Waals surface area (Å²) in [6.45, 7) is -0.0415. The number of urea groups is 1. The van der Waals surface area contributed by atoms with Crippen molar-refractivity contribution in [3.05, 3.63) is 30.1 Å². The summed E-state index contributed by atoms with van der Waals surface area (Å²) in [6.07, 6.45) is 4.11. The van der Waals surface area contributed by atoms with Crippen LogP contribution in [-0.2, 0) is 16.1 Å². The molecule has 1 spiro atoms. The fourth-order valence-corrected chi connectivity index (χ4v) is 3.88. The van der Waals surface area contributed by atoms with Crippen molar-refractivity contribution >= 4 is 35.9 Å². The van der Waals surface area contributed by atoms with Gasteiger partial charge in [0, 0.05) is 11.3 Å². The Hall–Kier alpha value is -2.98. The second-order valence-corrected chi connectivity index (χ2v) is 7.40. The molecule has 1 aromatic heterocycles. The van der Waals surface area contributed by atoms with E-state index in [1.807, 2.05) is 0 Å². The summed E-state index contributed by atoms with van der Waals surface area (Å²) in [5.74, 6) is 0.368. The Kier molecular flexibility index (Phi) is 6.37. The largest absolute Gasteiger partial charge is 0.325 e. The van der Waals surface area contributed by atoms with Crippen LogP contribution in [0.5, 0.6) is 0 Å². The van der Waals surface area contributed by atoms with Crippen molar-refractivity contribution in [1.82, 2.24) is 25.4 Å². The molecule has 2 fully saturated rings. The van der Waals surface area contributed by atoms with E-state index < -0.39 is 17.5 Å². The molecular weight excluding hydrogens is 410 g/mol. The van der Waals surface area contributed by atoms with Gasteiger partial charge in [-0.05, 0) is 37.1 Å². The van der Waals surface area contributed by atoms with Crippen LogP contribution in [0.3, 0.4) is 0 Å². The Balaban J connectivity index is 0.00000256. The number of hydrogen-bond acceptors (Lipinski definition) is 6. The number of carbonyl (C=O) groups excluding carboxylic acids is 3. The molecule has 5 N–H and O–H groups in total. The van der Waals surface area contributed by atoms with Crippen molar-refractivity contribution in [1.29, 1.82) is 0 Å². The summed E-state index contributed by atoms with van der Waals surface area (Å²) in [6, 6.07) is 6.45. The molecule has 0 bridgehead atoms. The van der Waals surface area contributed by atoms with E-state index in [9.17, 15) is 14.4 Å². The zero-order valence-electron chi connectivity index (χ0n) is 16.3. The second-order valence-electron chi connectivity index (χ2n) is 7.40. The Bertz CT molecular complexity index is 938. The van der Waals surface area contributed by atoms with Gasteiger partial charge < -0.3 is 16.4 Å². The van der Waals surface area contributed by atoms with Gasteiger partial charge in [0.1, 0.15) is 17.9 Å². The lowest BCUT2D eigenvalue weighted by Gasteiger charge is -2.30. The molecule has 4 rings (SSSR count). The fraction of sp³-hybridized carbons (Fsp3) is 0.421. The van der Waals surface area contributed by atoms with Crippen LogP contribution >= 0.6 is 12.4 Å². The molecule has 2 aliphatic rings. The fourth-order valence-electron chi connectivity index (χ4n) is 3.88. The second kappa shape index (κ2) is 8.80. The van der Waals surface area contributed by atoms with Crippen LogP contribution in [0.1, 0.15) is 37.9 Å². The molecule has 11 heteroatoms. The number of rotatable bonds is 5. The van der Waals surface area contributed by atoms with E-state index in [0.717, 1.165) is 29.7 Å². The molecule has 4 amide bonds. The molecule has 160 valence electrons. The number of benzene rings is 1. The van der Waals surface area contributed by atoms with Crippen molar-refractivity contribution in [2.24, 2.45) is 5.73 Å². The number of H-pyrrole nitrogens is 1. The highest BCUT2D eigenvalue weighted by Crippen LogP contribution is 2.33. The van der Waals surface area contributed by atoms with E-state index in [1.165, 1.54) is 0 Å². The standard InChI is InChI=1S/C19H23N7O3.ClH/c20-10-14-22-16(25-24-14)12-4-6-13(7-5-12)21-15(27)11-26-17(28)19(23-18(26)29)8-2-1-3-9-19;/h4-7H,1-3,8-11,20H2,(H,21,27)(H,23,29)(H,22,24,25);1H. The third-order valence-electron chi connectivity index (χ3n) is 5.41. The van der Waals surface area contributed by atoms with Gasteiger partial charge in [-0.25, -0.2) is 9.78 Å². The number of aromatic amines is 1. The molecule has 2 aromatic rings. The minimum atomic E-state index is -0.823. The van der Waals surface area contributed by atoms with E-state index in [4.69, 9.17) is 5.73 Å². The maximum atomic E-state index is 12.7. The first-order valence-corrected chi connectivity index (χ1v) is 9.66. The van der Waals surface area contributed by atoms with Gasteiger partial charge >= 0.3 is 6.03 Å². The van der Waals surface area contributed by atoms with E-state index in [0.29, 0.717) is 30.2 Å². The number of aromatic nitrogens is 3. The van der Waals surface area contributed by atoms with Crippen LogP contribution in [0.4, 0.5) is 10.5 Å². The summed E-state index contributed by atoms with van der Waals surface area (Å²) in [5.41, 5.74) is 6.01. The molecule has 10 nitrogen and oxygen atoms in total. The Morgan fingerprint density at radius 1 is 1.17 bits per heavy atom. The van der Waals surface area contributed by atoms with Crippen LogP contribution in [-0.4, -0.2) is 50.0 Å². The average Bonchev–Trinajstić information content (AvgIpc) is 3.29. The molecule has 1 aromatic carbocycles. The molecule has 2 heterocycles. The molecule has 1 saturated carbocycles. The maximum absolute atomic E-state index is 12.7. The number of halogens is 1. The third-order valence-corrected chi connectivity index (χ3v) is 5.41. The topological polar surface area (TPSA) is 146 Å². The van der Waals surface area contributed by atoms with Gasteiger partial charge in [0.05, 0.1) is 6.54 Å². The maximum Gasteiger partial charge on any atom is 0.325 e. The minimum Gasteiger partial charge on any atom is -0.325 e. The summed E-state index contributed by atoms with van der Waals surface area (Å²) in [4.78, 5) is 42.7. The van der Waals surface area contributed by atoms with Gasteiger partial charge in [0.25, 0.3) is 5.91 Å². The zero-order chi connectivity index (χ0) is 20.4. The van der Waals surface area contributed by atoms with Gasteiger partial charge in [0.2, 0.25) is 5.91 Å². The van der Waals surface area contributed by atoms with Gasteiger partial charge in [-0.3, -0.25) is 19.6 Å². The lowest BCUT2D eigenvalue weighted by Crippen LogP contribution is -2.48. The van der Waals surface area contributed by atoms with Crippen LogP contribution in [0, 0.1) is 0 Å². The van der Waals surface area contributed by atoms with Crippen molar-refractivity contribution in [2.45, 2.75) is 44.2 Å². The van der Waals surface area contributed by atoms with Crippen LogP contribution in [0.15, 0.2) is 24.3 Å². The first kappa shape index (κ1) is 21.7. The summed E-state index contributed by atoms with van der Waals surface area (Å²) in [7, 11) is 0. The van der Waals surface area contributed by atoms with Gasteiger partial charge in [0.15, 0.2) is 5.82 Å². The van der Waals surface area contributed by atoms with Crippen molar-refractivity contribution in [3.8, 4) is 11.4 Å². The molecule has 1 aliphatic heterocycles. The quantitative estimate of drug-likeness (QED) is 0.526. The Morgan fingerprint density at radius 2 is 1.87 bits per heavy atom. The first-order chi connectivity index (χ1) is 14.0. The minimum absolute atomic E-state index is 0. The Labute approximate surface area is 179 Å². The molecular formula is C19H24ClN7O3. The molecule has 1 aliphatic carbocycles. The van der Waals surface area contributed by atoms with E-state index in [-0.39, 0.29) is 31.4 Å². The van der Waals surface area contributed by atoms with E-state index >= 15 is 0 Å². The van der Waals surface area contributed by atoms with Gasteiger partial charge in [-0.15, -0.1) is 12.4 Å². The molecule has 1 saturated heterocycles. The Morgan fingerprint density at radius 3 is 2.50 bits per heavy atom. The molecule has 30 heavy (non-hydrogen) atoms. The molecule has 0 atom stereocenters. The lowest BCUT2D eigenvalue weighted by atomic mass is 9.82. The van der Waals surface area contributed by atoms with Gasteiger partial charge in [-0.2, -0.15) is 5.10 Å². The average molecular weight is 434 g/mol. The highest BCUT2D eigenvalue weighted by Gasteiger charge is 2.51. The monoisotopic (exact) mass is 433 g/mol. The highest BCUT2D eigenvalue weighted by atomic mass is 35.5. The number of hydrogen-bond donors (Lipinski definition) is 4. The molecule has 0 unspecified atom stereocenters. The van der Waals surface area contributed by atoms with E-state index in [2.05, 4.69) is 25.8 Å². The van der Waals surface area contributed by atoms with Crippen LogP contribution in [0.25, 0.3) is 11.4 Å². The SMILES string of the molecule is Cl.NCc1nc(-c2ccc(NC(=O)CN3C(=O)NC4(CCCCC4)C3=O)cc2)n[nH]1. The first-order valence-electron chi connectivity index (χ1n) is 9.66. The zero-order valence-corrected chi connectivity index (χ0v) is 17.1.